The van der Waals surface area contributed by atoms with E-state index in [2.05, 4.69) is 0 Å². The minimum absolute atomic E-state index is 0.0228. The molecule has 2 aliphatic heterocycles. The van der Waals surface area contributed by atoms with Gasteiger partial charge in [0, 0.05) is 6.54 Å². The Kier molecular flexibility index (Phi) is 5.07. The van der Waals surface area contributed by atoms with Gasteiger partial charge in [-0.05, 0) is 58.1 Å². The van der Waals surface area contributed by atoms with E-state index in [1.807, 2.05) is 33.8 Å². The van der Waals surface area contributed by atoms with Gasteiger partial charge in [0.2, 0.25) is 0 Å². The van der Waals surface area contributed by atoms with Crippen molar-refractivity contribution in [2.24, 2.45) is 0 Å². The number of carbonyl (C=O) groups excluding carboxylic acids is 1. The number of rotatable bonds is 4. The molecule has 0 spiro atoms. The molecule has 1 atom stereocenters. The van der Waals surface area contributed by atoms with Gasteiger partial charge in [-0.15, -0.1) is 0 Å². The Morgan fingerprint density at radius 1 is 1.31 bits per heavy atom. The number of carbonyl (C=O) groups is 1. The summed E-state index contributed by atoms with van der Waals surface area (Å²) in [5.74, 6) is 0.385. The topological polar surface area (TPSA) is 68.2 Å². The zero-order valence-corrected chi connectivity index (χ0v) is 16.2. The van der Waals surface area contributed by atoms with Gasteiger partial charge in [0.05, 0.1) is 36.5 Å². The Morgan fingerprint density at radius 2 is 1.96 bits per heavy atom. The minimum atomic E-state index is -0.537. The molecule has 3 rings (SSSR count). The zero-order valence-electron chi connectivity index (χ0n) is 16.2. The van der Waals surface area contributed by atoms with Crippen molar-refractivity contribution in [1.82, 2.24) is 4.90 Å². The smallest absolute Gasteiger partial charge is 0.494 e. The van der Waals surface area contributed by atoms with Gasteiger partial charge in [0.1, 0.15) is 5.75 Å². The van der Waals surface area contributed by atoms with E-state index in [9.17, 15) is 9.90 Å². The summed E-state index contributed by atoms with van der Waals surface area (Å²) < 4.78 is 17.6. The lowest BCUT2D eigenvalue weighted by Crippen LogP contribution is -2.41. The quantitative estimate of drug-likeness (QED) is 0.825. The molecule has 142 valence electrons. The summed E-state index contributed by atoms with van der Waals surface area (Å²) in [5, 5.41) is 9.54. The highest BCUT2D eigenvalue weighted by Gasteiger charge is 2.51. The van der Waals surface area contributed by atoms with E-state index in [1.165, 1.54) is 0 Å². The highest BCUT2D eigenvalue weighted by Crippen LogP contribution is 2.36. The molecule has 2 aliphatic rings. The number of hydrogen-bond donors (Lipinski definition) is 1. The summed E-state index contributed by atoms with van der Waals surface area (Å²) >= 11 is 0. The van der Waals surface area contributed by atoms with Gasteiger partial charge < -0.3 is 24.1 Å². The first-order valence-corrected chi connectivity index (χ1v) is 9.15. The number of methoxy groups -OCH3 is 1. The molecule has 1 aromatic rings. The van der Waals surface area contributed by atoms with Crippen molar-refractivity contribution >= 4 is 18.5 Å². The maximum absolute atomic E-state index is 13.1. The maximum atomic E-state index is 13.1. The molecular formula is C19H28BNO5. The van der Waals surface area contributed by atoms with Crippen molar-refractivity contribution in [3.8, 4) is 5.75 Å². The van der Waals surface area contributed by atoms with Crippen LogP contribution in [0.25, 0.3) is 0 Å². The van der Waals surface area contributed by atoms with Crippen LogP contribution < -0.4 is 10.2 Å². The lowest BCUT2D eigenvalue weighted by molar-refractivity contribution is 0.00578. The van der Waals surface area contributed by atoms with Crippen molar-refractivity contribution in [3.05, 3.63) is 23.8 Å². The average molecular weight is 361 g/mol. The molecule has 0 aliphatic carbocycles. The lowest BCUT2D eigenvalue weighted by Gasteiger charge is -2.32. The number of hydrogen-bond acceptors (Lipinski definition) is 5. The fourth-order valence-electron chi connectivity index (χ4n) is 3.47. The SMILES string of the molecule is COc1ccc(B2OC(C)(C)C(C)(C)O2)cc1C(=O)N1CCC[C@@H]1CO. The fourth-order valence-corrected chi connectivity index (χ4v) is 3.47. The second kappa shape index (κ2) is 6.87. The summed E-state index contributed by atoms with van der Waals surface area (Å²) in [4.78, 5) is 14.8. The Labute approximate surface area is 155 Å². The van der Waals surface area contributed by atoms with Crippen LogP contribution in [-0.4, -0.2) is 60.5 Å². The van der Waals surface area contributed by atoms with Gasteiger partial charge in [-0.25, -0.2) is 0 Å². The molecule has 1 amide bonds. The van der Waals surface area contributed by atoms with Crippen LogP contribution in [0.5, 0.6) is 5.75 Å². The van der Waals surface area contributed by atoms with E-state index in [0.29, 0.717) is 17.9 Å². The number of likely N-dealkylation sites (tertiary alicyclic amines) is 1. The van der Waals surface area contributed by atoms with Gasteiger partial charge >= 0.3 is 7.12 Å². The normalized spacial score (nSPS) is 24.2. The maximum Gasteiger partial charge on any atom is 0.494 e. The van der Waals surface area contributed by atoms with Gasteiger partial charge in [-0.1, -0.05) is 6.07 Å². The first kappa shape index (κ1) is 19.2. The highest BCUT2D eigenvalue weighted by molar-refractivity contribution is 6.62. The fraction of sp³-hybridized carbons (Fsp3) is 0.632. The van der Waals surface area contributed by atoms with Crippen LogP contribution in [0.3, 0.4) is 0 Å². The third-order valence-electron chi connectivity index (χ3n) is 5.83. The second-order valence-electron chi connectivity index (χ2n) is 8.03. The number of benzene rings is 1. The van der Waals surface area contributed by atoms with Crippen LogP contribution >= 0.6 is 0 Å². The molecular weight excluding hydrogens is 333 g/mol. The van der Waals surface area contributed by atoms with Crippen molar-refractivity contribution in [2.45, 2.75) is 57.8 Å². The van der Waals surface area contributed by atoms with E-state index in [-0.39, 0.29) is 18.6 Å². The highest BCUT2D eigenvalue weighted by atomic mass is 16.7. The molecule has 0 radical (unpaired) electrons. The van der Waals surface area contributed by atoms with Gasteiger partial charge in [0.25, 0.3) is 5.91 Å². The van der Waals surface area contributed by atoms with Gasteiger partial charge in [-0.2, -0.15) is 0 Å². The first-order chi connectivity index (χ1) is 12.2. The molecule has 26 heavy (non-hydrogen) atoms. The molecule has 1 aromatic carbocycles. The summed E-state index contributed by atoms with van der Waals surface area (Å²) in [5.41, 5.74) is 0.366. The zero-order chi connectivity index (χ0) is 19.1. The summed E-state index contributed by atoms with van der Waals surface area (Å²) in [6.07, 6.45) is 1.72. The predicted molar refractivity (Wildman–Crippen MR) is 99.9 cm³/mol. The van der Waals surface area contributed by atoms with E-state index >= 15 is 0 Å². The van der Waals surface area contributed by atoms with Crippen LogP contribution in [0.15, 0.2) is 18.2 Å². The molecule has 0 unspecified atom stereocenters. The molecule has 2 saturated heterocycles. The van der Waals surface area contributed by atoms with Crippen LogP contribution in [0.2, 0.25) is 0 Å². The van der Waals surface area contributed by atoms with Crippen molar-refractivity contribution in [2.75, 3.05) is 20.3 Å². The van der Waals surface area contributed by atoms with E-state index in [0.717, 1.165) is 18.3 Å². The molecule has 6 nitrogen and oxygen atoms in total. The van der Waals surface area contributed by atoms with Crippen molar-refractivity contribution < 1.29 is 23.9 Å². The predicted octanol–water partition coefficient (Wildman–Crippen LogP) is 1.59. The Balaban J connectivity index is 1.92. The van der Waals surface area contributed by atoms with Crippen LogP contribution in [0, 0.1) is 0 Å². The standard InChI is InChI=1S/C19H28BNO5/c1-18(2)19(3,4)26-20(25-18)13-8-9-16(24-5)15(11-13)17(23)21-10-6-7-14(21)12-22/h8-9,11,14,22H,6-7,10,12H2,1-5H3/t14-/m1/s1. The van der Waals surface area contributed by atoms with Gasteiger partial charge in [-0.3, -0.25) is 4.79 Å². The summed E-state index contributed by atoms with van der Waals surface area (Å²) in [6.45, 7) is 8.62. The second-order valence-corrected chi connectivity index (χ2v) is 8.03. The van der Waals surface area contributed by atoms with Crippen LogP contribution in [-0.2, 0) is 9.31 Å². The largest absolute Gasteiger partial charge is 0.496 e. The van der Waals surface area contributed by atoms with E-state index in [4.69, 9.17) is 14.0 Å². The number of amides is 1. The molecule has 0 aromatic heterocycles. The number of nitrogens with zero attached hydrogens (tertiary/aromatic N) is 1. The number of ether oxygens (including phenoxy) is 1. The van der Waals surface area contributed by atoms with Crippen LogP contribution in [0.1, 0.15) is 50.9 Å². The molecule has 1 N–H and O–H groups in total. The molecule has 7 heteroatoms. The van der Waals surface area contributed by atoms with Crippen molar-refractivity contribution in [3.63, 3.8) is 0 Å². The Morgan fingerprint density at radius 3 is 2.54 bits per heavy atom. The number of aliphatic hydroxyl groups is 1. The summed E-state index contributed by atoms with van der Waals surface area (Å²) in [7, 11) is 1.01. The first-order valence-electron chi connectivity index (χ1n) is 9.15. The molecule has 2 heterocycles. The summed E-state index contributed by atoms with van der Waals surface area (Å²) in [6, 6.07) is 5.30. The van der Waals surface area contributed by atoms with Crippen molar-refractivity contribution in [1.29, 1.82) is 0 Å². The molecule has 2 fully saturated rings. The lowest BCUT2D eigenvalue weighted by atomic mass is 9.78. The molecule has 0 saturated carbocycles. The average Bonchev–Trinajstić information content (AvgIpc) is 3.15. The van der Waals surface area contributed by atoms with Crippen LogP contribution in [0.4, 0.5) is 0 Å². The van der Waals surface area contributed by atoms with E-state index < -0.39 is 18.3 Å². The Hall–Kier alpha value is -1.57. The van der Waals surface area contributed by atoms with E-state index in [1.54, 1.807) is 24.1 Å². The molecule has 0 bridgehead atoms. The minimum Gasteiger partial charge on any atom is -0.496 e. The van der Waals surface area contributed by atoms with Gasteiger partial charge in [0.15, 0.2) is 0 Å². The Bertz CT molecular complexity index is 675. The monoisotopic (exact) mass is 361 g/mol. The third kappa shape index (κ3) is 3.24. The number of aliphatic hydroxyl groups excluding tert-OH is 1. The third-order valence-corrected chi connectivity index (χ3v) is 5.83.